The Hall–Kier alpha value is -3.41. The van der Waals surface area contributed by atoms with E-state index in [0.29, 0.717) is 12.3 Å². The van der Waals surface area contributed by atoms with Gasteiger partial charge < -0.3 is 14.7 Å². The van der Waals surface area contributed by atoms with E-state index in [0.717, 1.165) is 51.0 Å². The van der Waals surface area contributed by atoms with Crippen molar-refractivity contribution in [3.63, 3.8) is 0 Å². The molecule has 3 aromatic rings. The molecule has 1 fully saturated rings. The minimum absolute atomic E-state index is 0.0448. The van der Waals surface area contributed by atoms with Crippen LogP contribution in [0.4, 0.5) is 0 Å². The SMILES string of the molecule is O=C(C=Cc1ccccc1OCC(O)CN1CC=C(c2cccc3ccccc23)CC1)N1CCCC1. The highest BCUT2D eigenvalue weighted by atomic mass is 16.5. The van der Waals surface area contributed by atoms with Crippen LogP contribution in [0.1, 0.15) is 30.4 Å². The third-order valence-corrected chi connectivity index (χ3v) is 7.07. The minimum Gasteiger partial charge on any atom is -0.490 e. The average molecular weight is 483 g/mol. The van der Waals surface area contributed by atoms with Crippen LogP contribution in [-0.2, 0) is 4.79 Å². The molecule has 2 aliphatic rings. The number of benzene rings is 3. The molecule has 2 aliphatic heterocycles. The molecule has 1 N–H and O–H groups in total. The van der Waals surface area contributed by atoms with Crippen LogP contribution in [0.25, 0.3) is 22.4 Å². The van der Waals surface area contributed by atoms with Gasteiger partial charge in [-0.05, 0) is 53.3 Å². The van der Waals surface area contributed by atoms with Gasteiger partial charge in [0.1, 0.15) is 18.5 Å². The van der Waals surface area contributed by atoms with Crippen molar-refractivity contribution in [3.8, 4) is 5.75 Å². The summed E-state index contributed by atoms with van der Waals surface area (Å²) >= 11 is 0. The molecule has 0 aliphatic carbocycles. The van der Waals surface area contributed by atoms with Gasteiger partial charge in [-0.15, -0.1) is 0 Å². The van der Waals surface area contributed by atoms with Crippen LogP contribution in [0.15, 0.2) is 78.9 Å². The fraction of sp³-hybridized carbons (Fsp3) is 0.323. The summed E-state index contributed by atoms with van der Waals surface area (Å²) in [6, 6.07) is 22.7. The van der Waals surface area contributed by atoms with Crippen molar-refractivity contribution in [3.05, 3.63) is 90.0 Å². The van der Waals surface area contributed by atoms with Gasteiger partial charge in [-0.2, -0.15) is 0 Å². The summed E-state index contributed by atoms with van der Waals surface area (Å²) in [5.41, 5.74) is 3.53. The van der Waals surface area contributed by atoms with E-state index < -0.39 is 6.10 Å². The fourth-order valence-electron chi connectivity index (χ4n) is 5.12. The van der Waals surface area contributed by atoms with E-state index in [1.807, 2.05) is 35.2 Å². The maximum atomic E-state index is 12.3. The van der Waals surface area contributed by atoms with Gasteiger partial charge in [0.2, 0.25) is 5.91 Å². The zero-order chi connectivity index (χ0) is 24.7. The Balaban J connectivity index is 1.15. The second kappa shape index (κ2) is 11.5. The molecule has 0 saturated carbocycles. The van der Waals surface area contributed by atoms with Crippen molar-refractivity contribution < 1.29 is 14.6 Å². The van der Waals surface area contributed by atoms with Crippen LogP contribution < -0.4 is 4.74 Å². The highest BCUT2D eigenvalue weighted by molar-refractivity contribution is 5.94. The van der Waals surface area contributed by atoms with Crippen molar-refractivity contribution in [1.82, 2.24) is 9.80 Å². The van der Waals surface area contributed by atoms with Crippen molar-refractivity contribution in [2.75, 3.05) is 39.3 Å². The Morgan fingerprint density at radius 3 is 2.58 bits per heavy atom. The number of fused-ring (bicyclic) bond motifs is 1. The second-order valence-electron chi connectivity index (χ2n) is 9.63. The standard InChI is InChI=1S/C31H34N2O3/c34-27(23-36-30-13-4-2-9-26(30)14-15-31(35)33-18-5-6-19-33)22-32-20-16-25(17-21-32)29-12-7-10-24-8-1-3-11-28(24)29/h1-4,7-16,27,34H,5-6,17-23H2. The molecule has 5 nitrogen and oxygen atoms in total. The van der Waals surface area contributed by atoms with Crippen LogP contribution in [0.3, 0.4) is 0 Å². The molecule has 1 amide bonds. The quantitative estimate of drug-likeness (QED) is 0.459. The van der Waals surface area contributed by atoms with E-state index >= 15 is 0 Å². The molecule has 1 saturated heterocycles. The normalized spacial score (nSPS) is 17.5. The molecule has 0 spiro atoms. The van der Waals surface area contributed by atoms with Gasteiger partial charge in [0.05, 0.1) is 0 Å². The number of hydrogen-bond acceptors (Lipinski definition) is 4. The number of likely N-dealkylation sites (tertiary alicyclic amines) is 1. The van der Waals surface area contributed by atoms with Gasteiger partial charge in [0.25, 0.3) is 0 Å². The minimum atomic E-state index is -0.597. The molecule has 2 heterocycles. The molecular weight excluding hydrogens is 448 g/mol. The molecule has 1 atom stereocenters. The highest BCUT2D eigenvalue weighted by Crippen LogP contribution is 2.29. The van der Waals surface area contributed by atoms with Crippen LogP contribution in [-0.4, -0.2) is 66.2 Å². The smallest absolute Gasteiger partial charge is 0.246 e. The maximum Gasteiger partial charge on any atom is 0.246 e. The van der Waals surface area contributed by atoms with E-state index in [1.165, 1.54) is 21.9 Å². The Labute approximate surface area is 213 Å². The summed E-state index contributed by atoms with van der Waals surface area (Å²) in [5, 5.41) is 13.2. The number of β-amino-alcohol motifs (C(OH)–C–C–N with tert-alkyl or cyclic N) is 1. The number of nitrogens with zero attached hydrogens (tertiary/aromatic N) is 2. The number of carbonyl (C=O) groups is 1. The first kappa shape index (κ1) is 24.3. The van der Waals surface area contributed by atoms with Gasteiger partial charge in [0, 0.05) is 44.4 Å². The van der Waals surface area contributed by atoms with E-state index in [-0.39, 0.29) is 12.5 Å². The van der Waals surface area contributed by atoms with Gasteiger partial charge in [-0.1, -0.05) is 66.7 Å². The summed E-state index contributed by atoms with van der Waals surface area (Å²) in [7, 11) is 0. The number of aliphatic hydroxyl groups excluding tert-OH is 1. The zero-order valence-electron chi connectivity index (χ0n) is 20.7. The van der Waals surface area contributed by atoms with E-state index in [4.69, 9.17) is 4.74 Å². The first-order chi connectivity index (χ1) is 17.7. The monoisotopic (exact) mass is 482 g/mol. The summed E-state index contributed by atoms with van der Waals surface area (Å²) in [4.78, 5) is 16.5. The summed E-state index contributed by atoms with van der Waals surface area (Å²) < 4.78 is 5.97. The molecule has 0 radical (unpaired) electrons. The number of hydrogen-bond donors (Lipinski definition) is 1. The topological polar surface area (TPSA) is 53.0 Å². The third kappa shape index (κ3) is 5.86. The molecule has 1 unspecified atom stereocenters. The molecule has 0 bridgehead atoms. The average Bonchev–Trinajstić information content (AvgIpc) is 3.47. The number of ether oxygens (including phenoxy) is 1. The molecule has 5 heteroatoms. The molecule has 186 valence electrons. The largest absolute Gasteiger partial charge is 0.490 e. The Morgan fingerprint density at radius 1 is 0.972 bits per heavy atom. The van der Waals surface area contributed by atoms with Crippen molar-refractivity contribution in [1.29, 1.82) is 0 Å². The van der Waals surface area contributed by atoms with Crippen LogP contribution in [0.5, 0.6) is 5.75 Å². The predicted molar refractivity (Wildman–Crippen MR) is 146 cm³/mol. The molecule has 5 rings (SSSR count). The number of rotatable bonds is 8. The van der Waals surface area contributed by atoms with Gasteiger partial charge in [-0.25, -0.2) is 0 Å². The third-order valence-electron chi connectivity index (χ3n) is 7.07. The summed E-state index contributed by atoms with van der Waals surface area (Å²) in [6.45, 7) is 4.16. The number of para-hydroxylation sites is 1. The lowest BCUT2D eigenvalue weighted by molar-refractivity contribution is -0.124. The lowest BCUT2D eigenvalue weighted by atomic mass is 9.94. The van der Waals surface area contributed by atoms with Gasteiger partial charge in [0.15, 0.2) is 0 Å². The van der Waals surface area contributed by atoms with Gasteiger partial charge >= 0.3 is 0 Å². The zero-order valence-corrected chi connectivity index (χ0v) is 20.7. The van der Waals surface area contributed by atoms with Gasteiger partial charge in [-0.3, -0.25) is 9.69 Å². The van der Waals surface area contributed by atoms with Crippen molar-refractivity contribution in [2.45, 2.75) is 25.4 Å². The number of carbonyl (C=O) groups excluding carboxylic acids is 1. The molecule has 36 heavy (non-hydrogen) atoms. The lowest BCUT2D eigenvalue weighted by Gasteiger charge is -2.28. The van der Waals surface area contributed by atoms with Crippen LogP contribution in [0, 0.1) is 0 Å². The first-order valence-electron chi connectivity index (χ1n) is 12.9. The second-order valence-corrected chi connectivity index (χ2v) is 9.63. The van der Waals surface area contributed by atoms with Crippen LogP contribution in [0.2, 0.25) is 0 Å². The number of aliphatic hydroxyl groups is 1. The highest BCUT2D eigenvalue weighted by Gasteiger charge is 2.18. The predicted octanol–water partition coefficient (Wildman–Crippen LogP) is 5.00. The van der Waals surface area contributed by atoms with E-state index in [9.17, 15) is 9.90 Å². The molecule has 3 aromatic carbocycles. The lowest BCUT2D eigenvalue weighted by Crippen LogP contribution is -2.38. The first-order valence-corrected chi connectivity index (χ1v) is 12.9. The summed E-state index contributed by atoms with van der Waals surface area (Å²) in [6.07, 6.45) is 8.24. The molecular formula is C31H34N2O3. The van der Waals surface area contributed by atoms with E-state index in [1.54, 1.807) is 6.08 Å². The van der Waals surface area contributed by atoms with E-state index in [2.05, 4.69) is 53.4 Å². The van der Waals surface area contributed by atoms with Crippen molar-refractivity contribution in [2.24, 2.45) is 0 Å². The number of amides is 1. The fourth-order valence-corrected chi connectivity index (χ4v) is 5.12. The maximum absolute atomic E-state index is 12.3. The van der Waals surface area contributed by atoms with Crippen molar-refractivity contribution >= 4 is 28.3 Å². The Kier molecular flexibility index (Phi) is 7.79. The Morgan fingerprint density at radius 2 is 1.75 bits per heavy atom. The molecule has 0 aromatic heterocycles. The van der Waals surface area contributed by atoms with Crippen LogP contribution >= 0.6 is 0 Å². The Bertz CT molecular complexity index is 1250. The summed E-state index contributed by atoms with van der Waals surface area (Å²) in [5.74, 6) is 0.724.